The molecule has 0 saturated heterocycles. The predicted octanol–water partition coefficient (Wildman–Crippen LogP) is 7.52. The monoisotopic (exact) mass is 416 g/mol. The molecule has 0 atom stereocenters. The second-order valence-electron chi connectivity index (χ2n) is 8.25. The molecule has 158 valence electrons. The van der Waals surface area contributed by atoms with Gasteiger partial charge in [-0.2, -0.15) is 0 Å². The zero-order valence-corrected chi connectivity index (χ0v) is 19.5. The molecule has 1 heteroatoms. The molecule has 0 unspecified atom stereocenters. The van der Waals surface area contributed by atoms with Crippen molar-refractivity contribution < 1.29 is 0 Å². The number of rotatable bonds is 13. The van der Waals surface area contributed by atoms with Gasteiger partial charge in [0.1, 0.15) is 0 Å². The summed E-state index contributed by atoms with van der Waals surface area (Å²) in [5, 5.41) is 4.29. The summed E-state index contributed by atoms with van der Waals surface area (Å²) in [6, 6.07) is 31.4. The van der Waals surface area contributed by atoms with Crippen LogP contribution < -0.4 is 15.9 Å². The summed E-state index contributed by atoms with van der Waals surface area (Å²) < 4.78 is 0. The molecule has 30 heavy (non-hydrogen) atoms. The Labute approximate surface area is 185 Å². The van der Waals surface area contributed by atoms with Gasteiger partial charge in [0, 0.05) is 0 Å². The van der Waals surface area contributed by atoms with Gasteiger partial charge in [-0.05, 0) is 42.2 Å². The molecule has 0 bridgehead atoms. The Morgan fingerprint density at radius 1 is 0.467 bits per heavy atom. The van der Waals surface area contributed by atoms with Gasteiger partial charge >= 0.3 is 0 Å². The van der Waals surface area contributed by atoms with Crippen molar-refractivity contribution in [1.29, 1.82) is 0 Å². The maximum absolute atomic E-state index is 2.37. The van der Waals surface area contributed by atoms with Gasteiger partial charge in [0.2, 0.25) is 0 Å². The lowest BCUT2D eigenvalue weighted by molar-refractivity contribution is 0.565. The average Bonchev–Trinajstić information content (AvgIpc) is 2.81. The lowest BCUT2D eigenvalue weighted by Gasteiger charge is -2.19. The van der Waals surface area contributed by atoms with Crippen molar-refractivity contribution in [2.75, 3.05) is 0 Å². The van der Waals surface area contributed by atoms with Crippen LogP contribution in [0.3, 0.4) is 0 Å². The van der Waals surface area contributed by atoms with E-state index in [0.717, 1.165) is 0 Å². The molecular weight excluding hydrogens is 379 g/mol. The van der Waals surface area contributed by atoms with E-state index in [-0.39, 0.29) is 0 Å². The Balaban J connectivity index is 1.52. The molecule has 3 aromatic rings. The highest BCUT2D eigenvalue weighted by molar-refractivity contribution is 7.79. The highest BCUT2D eigenvalue weighted by Crippen LogP contribution is 2.32. The first-order valence-electron chi connectivity index (χ1n) is 11.9. The van der Waals surface area contributed by atoms with Gasteiger partial charge in [0.25, 0.3) is 0 Å². The SMILES string of the molecule is CCCCCCCCCCCc1ccc(P(c2ccccc2)c2ccccc2)cc1. The fraction of sp³-hybridized carbons (Fsp3) is 0.379. The van der Waals surface area contributed by atoms with Gasteiger partial charge in [-0.25, -0.2) is 0 Å². The quantitative estimate of drug-likeness (QED) is 0.200. The number of hydrogen-bond acceptors (Lipinski definition) is 0. The highest BCUT2D eigenvalue weighted by Gasteiger charge is 2.15. The molecule has 0 nitrogen and oxygen atoms in total. The van der Waals surface area contributed by atoms with Gasteiger partial charge in [0.05, 0.1) is 0 Å². The van der Waals surface area contributed by atoms with Crippen LogP contribution in [0.15, 0.2) is 84.9 Å². The van der Waals surface area contributed by atoms with Gasteiger partial charge < -0.3 is 0 Å². The van der Waals surface area contributed by atoms with E-state index in [9.17, 15) is 0 Å². The predicted molar refractivity (Wildman–Crippen MR) is 136 cm³/mol. The van der Waals surface area contributed by atoms with Crippen LogP contribution in [0.25, 0.3) is 0 Å². The topological polar surface area (TPSA) is 0 Å². The van der Waals surface area contributed by atoms with Gasteiger partial charge in [-0.3, -0.25) is 0 Å². The molecule has 0 aliphatic rings. The summed E-state index contributed by atoms with van der Waals surface area (Å²) >= 11 is 0. The van der Waals surface area contributed by atoms with Crippen LogP contribution >= 0.6 is 7.92 Å². The third-order valence-corrected chi connectivity index (χ3v) is 8.24. The Kier molecular flexibility index (Phi) is 10.2. The summed E-state index contributed by atoms with van der Waals surface area (Å²) in [5.41, 5.74) is 1.48. The zero-order valence-electron chi connectivity index (χ0n) is 18.6. The maximum Gasteiger partial charge on any atom is -0.0134 e. The molecule has 0 aliphatic carbocycles. The molecule has 3 aromatic carbocycles. The molecule has 0 saturated carbocycles. The molecule has 0 aliphatic heterocycles. The van der Waals surface area contributed by atoms with Gasteiger partial charge in [-0.1, -0.05) is 143 Å². The first-order chi connectivity index (χ1) is 14.9. The Morgan fingerprint density at radius 3 is 1.40 bits per heavy atom. The second-order valence-corrected chi connectivity index (χ2v) is 10.5. The molecular formula is C29H37P. The normalized spacial score (nSPS) is 11.1. The average molecular weight is 417 g/mol. The number of benzene rings is 3. The van der Waals surface area contributed by atoms with Crippen LogP contribution in [-0.2, 0) is 6.42 Å². The van der Waals surface area contributed by atoms with Crippen LogP contribution in [0.2, 0.25) is 0 Å². The van der Waals surface area contributed by atoms with E-state index in [1.165, 1.54) is 85.7 Å². The first-order valence-corrected chi connectivity index (χ1v) is 13.2. The van der Waals surface area contributed by atoms with E-state index in [2.05, 4.69) is 91.9 Å². The largest absolute Gasteiger partial charge is 0.0654 e. The van der Waals surface area contributed by atoms with Gasteiger partial charge in [-0.15, -0.1) is 0 Å². The molecule has 0 fully saturated rings. The second kappa shape index (κ2) is 13.4. The number of hydrogen-bond donors (Lipinski definition) is 0. The Hall–Kier alpha value is -1.91. The minimum Gasteiger partial charge on any atom is -0.0654 e. The molecule has 0 radical (unpaired) electrons. The van der Waals surface area contributed by atoms with Crippen molar-refractivity contribution in [3.05, 3.63) is 90.5 Å². The molecule has 0 aromatic heterocycles. The summed E-state index contributed by atoms with van der Waals surface area (Å²) in [4.78, 5) is 0. The fourth-order valence-electron chi connectivity index (χ4n) is 4.05. The maximum atomic E-state index is 2.37. The first kappa shape index (κ1) is 22.8. The number of unbranched alkanes of at least 4 members (excludes halogenated alkanes) is 8. The molecule has 0 amide bonds. The van der Waals surface area contributed by atoms with Crippen molar-refractivity contribution >= 4 is 23.8 Å². The van der Waals surface area contributed by atoms with Crippen molar-refractivity contribution in [3.8, 4) is 0 Å². The smallest absolute Gasteiger partial charge is 0.0134 e. The molecule has 0 N–H and O–H groups in total. The van der Waals surface area contributed by atoms with E-state index in [0.29, 0.717) is 0 Å². The van der Waals surface area contributed by atoms with Crippen molar-refractivity contribution in [2.45, 2.75) is 71.1 Å². The Bertz CT molecular complexity index is 769. The molecule has 3 rings (SSSR count). The van der Waals surface area contributed by atoms with Crippen LogP contribution in [0.1, 0.15) is 70.3 Å². The lowest BCUT2D eigenvalue weighted by atomic mass is 10.0. The van der Waals surface area contributed by atoms with Crippen LogP contribution in [0, 0.1) is 0 Å². The lowest BCUT2D eigenvalue weighted by Crippen LogP contribution is -2.20. The summed E-state index contributed by atoms with van der Waals surface area (Å²) in [7, 11) is -0.486. The third-order valence-electron chi connectivity index (χ3n) is 5.79. The van der Waals surface area contributed by atoms with Gasteiger partial charge in [0.15, 0.2) is 0 Å². The standard InChI is InChI=1S/C29H37P/c1-2-3-4-5-6-7-8-9-12-17-26-22-24-29(25-23-26)30(27-18-13-10-14-19-27)28-20-15-11-16-21-28/h10-11,13-16,18-25H,2-9,12,17H2,1H3. The summed E-state index contributed by atoms with van der Waals surface area (Å²) in [6.07, 6.45) is 13.8. The van der Waals surface area contributed by atoms with Crippen LogP contribution in [-0.4, -0.2) is 0 Å². The van der Waals surface area contributed by atoms with Crippen molar-refractivity contribution in [3.63, 3.8) is 0 Å². The van der Waals surface area contributed by atoms with Crippen LogP contribution in [0.4, 0.5) is 0 Å². The highest BCUT2D eigenvalue weighted by atomic mass is 31.1. The molecule has 0 heterocycles. The van der Waals surface area contributed by atoms with E-state index in [4.69, 9.17) is 0 Å². The third kappa shape index (κ3) is 7.41. The zero-order chi connectivity index (χ0) is 20.9. The van der Waals surface area contributed by atoms with Crippen molar-refractivity contribution in [1.82, 2.24) is 0 Å². The number of aryl methyl sites for hydroxylation is 1. The van der Waals surface area contributed by atoms with E-state index < -0.39 is 7.92 Å². The summed E-state index contributed by atoms with van der Waals surface area (Å²) in [5.74, 6) is 0. The van der Waals surface area contributed by atoms with Crippen LogP contribution in [0.5, 0.6) is 0 Å². The summed E-state index contributed by atoms with van der Waals surface area (Å²) in [6.45, 7) is 2.29. The Morgan fingerprint density at radius 2 is 0.900 bits per heavy atom. The molecule has 0 spiro atoms. The minimum atomic E-state index is -0.486. The van der Waals surface area contributed by atoms with E-state index in [1.54, 1.807) is 0 Å². The van der Waals surface area contributed by atoms with E-state index >= 15 is 0 Å². The van der Waals surface area contributed by atoms with Crippen molar-refractivity contribution in [2.24, 2.45) is 0 Å². The minimum absolute atomic E-state index is 0.486. The fourth-order valence-corrected chi connectivity index (χ4v) is 6.34. The van der Waals surface area contributed by atoms with E-state index in [1.807, 2.05) is 0 Å².